The highest BCUT2D eigenvalue weighted by Crippen LogP contribution is 2.25. The van der Waals surface area contributed by atoms with Crippen LogP contribution in [0.2, 0.25) is 0 Å². The average Bonchev–Trinajstić information content (AvgIpc) is 2.84. The van der Waals surface area contributed by atoms with E-state index in [9.17, 15) is 5.11 Å². The summed E-state index contributed by atoms with van der Waals surface area (Å²) in [4.78, 5) is 2.34. The Balaban J connectivity index is 1.90. The molecule has 1 fully saturated rings. The van der Waals surface area contributed by atoms with Crippen molar-refractivity contribution in [1.29, 1.82) is 0 Å². The summed E-state index contributed by atoms with van der Waals surface area (Å²) < 4.78 is 0. The fraction of sp³-hybridized carbons (Fsp3) is 0.600. The fourth-order valence-electron chi connectivity index (χ4n) is 2.84. The highest BCUT2D eigenvalue weighted by molar-refractivity contribution is 5.39. The predicted molar refractivity (Wildman–Crippen MR) is 76.7 cm³/mol. The number of nitrogen functional groups attached to an aromatic ring is 1. The second-order valence-electron chi connectivity index (χ2n) is 5.34. The van der Waals surface area contributed by atoms with Crippen molar-refractivity contribution in [3.63, 3.8) is 0 Å². The summed E-state index contributed by atoms with van der Waals surface area (Å²) in [6.07, 6.45) is 3.76. The van der Waals surface area contributed by atoms with Gasteiger partial charge in [0.2, 0.25) is 0 Å². The minimum Gasteiger partial charge on any atom is -0.399 e. The normalized spacial score (nSPS) is 21.7. The van der Waals surface area contributed by atoms with Gasteiger partial charge >= 0.3 is 0 Å². The second kappa shape index (κ2) is 6.89. The zero-order chi connectivity index (χ0) is 13.7. The van der Waals surface area contributed by atoms with Gasteiger partial charge in [0.1, 0.15) is 0 Å². The van der Waals surface area contributed by atoms with E-state index >= 15 is 0 Å². The Hall–Kier alpha value is -1.10. The number of benzene rings is 1. The molecule has 106 valence electrons. The molecule has 4 nitrogen and oxygen atoms in total. The summed E-state index contributed by atoms with van der Waals surface area (Å²) in [7, 11) is 0. The molecule has 0 spiro atoms. The number of hydrogen-bond acceptors (Lipinski definition) is 4. The molecular formula is C15H24N2O2. The summed E-state index contributed by atoms with van der Waals surface area (Å²) in [5.41, 5.74) is 7.29. The number of nitrogens with zero attached hydrogens (tertiary/aromatic N) is 1. The summed E-state index contributed by atoms with van der Waals surface area (Å²) in [5.74, 6) is 0. The topological polar surface area (TPSA) is 69.7 Å². The largest absolute Gasteiger partial charge is 0.399 e. The Morgan fingerprint density at radius 2 is 2.05 bits per heavy atom. The van der Waals surface area contributed by atoms with Crippen LogP contribution in [0.15, 0.2) is 24.3 Å². The number of β-amino-alcohol motifs (C(OH)–C–C–N with tert-alkyl or cyclic N) is 1. The summed E-state index contributed by atoms with van der Waals surface area (Å²) in [6, 6.07) is 7.94. The standard InChI is InChI=1S/C15H24N2O2/c16-13-7-5-12(6-8-13)15(19)11-17-9-1-3-14(17)4-2-10-18/h5-8,14-15,18-19H,1-4,9-11,16H2. The zero-order valence-electron chi connectivity index (χ0n) is 11.3. The van der Waals surface area contributed by atoms with Crippen molar-refractivity contribution in [3.8, 4) is 0 Å². The molecule has 0 amide bonds. The van der Waals surface area contributed by atoms with Gasteiger partial charge in [-0.05, 0) is 49.9 Å². The Morgan fingerprint density at radius 3 is 2.74 bits per heavy atom. The minimum atomic E-state index is -0.463. The lowest BCUT2D eigenvalue weighted by molar-refractivity contribution is 0.101. The van der Waals surface area contributed by atoms with E-state index in [-0.39, 0.29) is 6.61 Å². The number of hydrogen-bond donors (Lipinski definition) is 3. The number of nitrogens with two attached hydrogens (primary N) is 1. The molecule has 1 aromatic rings. The highest BCUT2D eigenvalue weighted by atomic mass is 16.3. The second-order valence-corrected chi connectivity index (χ2v) is 5.34. The maximum absolute atomic E-state index is 10.3. The van der Waals surface area contributed by atoms with Crippen molar-refractivity contribution in [1.82, 2.24) is 4.90 Å². The molecule has 19 heavy (non-hydrogen) atoms. The smallest absolute Gasteiger partial charge is 0.0917 e. The molecule has 1 heterocycles. The van der Waals surface area contributed by atoms with E-state index in [4.69, 9.17) is 10.8 Å². The Bertz CT molecular complexity index is 380. The molecule has 0 saturated carbocycles. The predicted octanol–water partition coefficient (Wildman–Crippen LogP) is 1.54. The number of aliphatic hydroxyl groups excluding tert-OH is 2. The van der Waals surface area contributed by atoms with Gasteiger partial charge in [0.05, 0.1) is 6.10 Å². The quantitative estimate of drug-likeness (QED) is 0.682. The van der Waals surface area contributed by atoms with Crippen molar-refractivity contribution in [2.75, 3.05) is 25.4 Å². The van der Waals surface area contributed by atoms with E-state index in [0.29, 0.717) is 12.6 Å². The molecule has 1 aromatic carbocycles. The van der Waals surface area contributed by atoms with E-state index < -0.39 is 6.10 Å². The van der Waals surface area contributed by atoms with E-state index in [2.05, 4.69) is 4.90 Å². The summed E-state index contributed by atoms with van der Waals surface area (Å²) >= 11 is 0. The molecule has 2 unspecified atom stereocenters. The minimum absolute atomic E-state index is 0.255. The first-order valence-corrected chi connectivity index (χ1v) is 7.09. The molecule has 0 bridgehead atoms. The van der Waals surface area contributed by atoms with Crippen LogP contribution in [0.1, 0.15) is 37.4 Å². The van der Waals surface area contributed by atoms with Crippen LogP contribution in [0.4, 0.5) is 5.69 Å². The highest BCUT2D eigenvalue weighted by Gasteiger charge is 2.26. The maximum Gasteiger partial charge on any atom is 0.0917 e. The Labute approximate surface area is 114 Å². The van der Waals surface area contributed by atoms with Crippen molar-refractivity contribution in [2.24, 2.45) is 0 Å². The first kappa shape index (κ1) is 14.3. The molecule has 2 rings (SSSR count). The van der Waals surface area contributed by atoms with Crippen LogP contribution in [-0.4, -0.2) is 40.9 Å². The lowest BCUT2D eigenvalue weighted by Gasteiger charge is -2.26. The van der Waals surface area contributed by atoms with Gasteiger partial charge in [0, 0.05) is 24.9 Å². The molecule has 4 N–H and O–H groups in total. The van der Waals surface area contributed by atoms with Gasteiger partial charge in [-0.25, -0.2) is 0 Å². The number of likely N-dealkylation sites (tertiary alicyclic amines) is 1. The lowest BCUT2D eigenvalue weighted by Crippen LogP contribution is -2.33. The summed E-state index contributed by atoms with van der Waals surface area (Å²) in [5, 5.41) is 19.2. The Kier molecular flexibility index (Phi) is 5.19. The van der Waals surface area contributed by atoms with Gasteiger partial charge in [-0.2, -0.15) is 0 Å². The molecular weight excluding hydrogens is 240 g/mol. The molecule has 2 atom stereocenters. The third-order valence-corrected chi connectivity index (χ3v) is 3.92. The van der Waals surface area contributed by atoms with Crippen LogP contribution in [-0.2, 0) is 0 Å². The molecule has 0 radical (unpaired) electrons. The van der Waals surface area contributed by atoms with Crippen LogP contribution < -0.4 is 5.73 Å². The molecule has 0 aliphatic carbocycles. The van der Waals surface area contributed by atoms with Gasteiger partial charge in [-0.3, -0.25) is 4.90 Å². The fourth-order valence-corrected chi connectivity index (χ4v) is 2.84. The van der Waals surface area contributed by atoms with Crippen LogP contribution in [0.3, 0.4) is 0 Å². The molecule has 0 aromatic heterocycles. The first-order valence-electron chi connectivity index (χ1n) is 7.09. The van der Waals surface area contributed by atoms with Gasteiger partial charge in [-0.1, -0.05) is 12.1 Å². The van der Waals surface area contributed by atoms with Crippen LogP contribution in [0.5, 0.6) is 0 Å². The van der Waals surface area contributed by atoms with Crippen LogP contribution >= 0.6 is 0 Å². The number of anilines is 1. The summed E-state index contributed by atoms with van der Waals surface area (Å²) in [6.45, 7) is 1.97. The average molecular weight is 264 g/mol. The molecule has 1 aliphatic heterocycles. The monoisotopic (exact) mass is 264 g/mol. The van der Waals surface area contributed by atoms with Crippen molar-refractivity contribution in [2.45, 2.75) is 37.8 Å². The number of rotatable bonds is 6. The number of aliphatic hydroxyl groups is 2. The van der Waals surface area contributed by atoms with E-state index in [1.165, 1.54) is 12.8 Å². The molecule has 1 saturated heterocycles. The first-order chi connectivity index (χ1) is 9.20. The zero-order valence-corrected chi connectivity index (χ0v) is 11.3. The van der Waals surface area contributed by atoms with E-state index in [1.807, 2.05) is 24.3 Å². The van der Waals surface area contributed by atoms with Crippen molar-refractivity contribution in [3.05, 3.63) is 29.8 Å². The lowest BCUT2D eigenvalue weighted by atomic mass is 10.1. The van der Waals surface area contributed by atoms with Crippen LogP contribution in [0, 0.1) is 0 Å². The van der Waals surface area contributed by atoms with Gasteiger partial charge in [-0.15, -0.1) is 0 Å². The maximum atomic E-state index is 10.3. The molecule has 4 heteroatoms. The van der Waals surface area contributed by atoms with Gasteiger partial charge in [0.15, 0.2) is 0 Å². The third kappa shape index (κ3) is 3.93. The SMILES string of the molecule is Nc1ccc(C(O)CN2CCCC2CCCO)cc1. The van der Waals surface area contributed by atoms with E-state index in [0.717, 1.165) is 30.6 Å². The molecule has 1 aliphatic rings. The van der Waals surface area contributed by atoms with Gasteiger partial charge in [0.25, 0.3) is 0 Å². The third-order valence-electron chi connectivity index (χ3n) is 3.92. The van der Waals surface area contributed by atoms with Crippen LogP contribution in [0.25, 0.3) is 0 Å². The van der Waals surface area contributed by atoms with E-state index in [1.54, 1.807) is 0 Å². The Morgan fingerprint density at radius 1 is 1.32 bits per heavy atom. The van der Waals surface area contributed by atoms with Crippen molar-refractivity contribution >= 4 is 5.69 Å². The van der Waals surface area contributed by atoms with Gasteiger partial charge < -0.3 is 15.9 Å². The van der Waals surface area contributed by atoms with Crippen molar-refractivity contribution < 1.29 is 10.2 Å².